The number of amides is 1. The van der Waals surface area contributed by atoms with Crippen LogP contribution in [0.5, 0.6) is 0 Å². The molecule has 3 heterocycles. The third-order valence-electron chi connectivity index (χ3n) is 6.95. The minimum absolute atomic E-state index is 0.0269. The molecule has 0 spiro atoms. The maximum absolute atomic E-state index is 13.4. The molecular weight excluding hydrogens is 477 g/mol. The van der Waals surface area contributed by atoms with Crippen molar-refractivity contribution in [2.75, 3.05) is 5.32 Å². The molecule has 1 fully saturated rings. The second-order valence-electron chi connectivity index (χ2n) is 11.9. The Morgan fingerprint density at radius 3 is 2.47 bits per heavy atom. The summed E-state index contributed by atoms with van der Waals surface area (Å²) in [4.78, 5) is 22.1. The van der Waals surface area contributed by atoms with Gasteiger partial charge in [0.05, 0.1) is 28.8 Å². The summed E-state index contributed by atoms with van der Waals surface area (Å²) in [7, 11) is 0. The van der Waals surface area contributed by atoms with Crippen LogP contribution in [-0.2, 0) is 4.74 Å². The topological polar surface area (TPSA) is 92.8 Å². The first kappa shape index (κ1) is 26.4. The normalized spacial score (nSPS) is 20.9. The number of hydrogen-bond donors (Lipinski definition) is 1. The Kier molecular flexibility index (Phi) is 7.06. The number of anilines is 1. The van der Waals surface area contributed by atoms with Gasteiger partial charge >= 0.3 is 0 Å². The van der Waals surface area contributed by atoms with Gasteiger partial charge in [-0.25, -0.2) is 8.96 Å². The largest absolute Gasteiger partial charge is 0.370 e. The molecule has 0 unspecified atom stereocenters. The zero-order valence-electron chi connectivity index (χ0n) is 21.8. The summed E-state index contributed by atoms with van der Waals surface area (Å²) >= 11 is -0.173. The predicted molar refractivity (Wildman–Crippen MR) is 140 cm³/mol. The van der Waals surface area contributed by atoms with Gasteiger partial charge in [-0.15, -0.1) is 3.89 Å². The number of halogens is 1. The van der Waals surface area contributed by atoms with Gasteiger partial charge in [0.25, 0.3) is 5.91 Å². The summed E-state index contributed by atoms with van der Waals surface area (Å²) in [6, 6.07) is 5.69. The molecule has 0 atom stereocenters. The molecule has 9 heteroatoms. The number of rotatable bonds is 5. The van der Waals surface area contributed by atoms with E-state index in [1.165, 1.54) is 6.20 Å². The highest BCUT2D eigenvalue weighted by Gasteiger charge is 2.40. The van der Waals surface area contributed by atoms with E-state index >= 15 is 0 Å². The first-order chi connectivity index (χ1) is 16.8. The summed E-state index contributed by atoms with van der Waals surface area (Å²) in [5.74, 6) is -0.559. The van der Waals surface area contributed by atoms with E-state index < -0.39 is 5.91 Å². The summed E-state index contributed by atoms with van der Waals surface area (Å²) in [5.41, 5.74) is 3.02. The fraction of sp³-hybridized carbons (Fsp3) is 0.556. The Morgan fingerprint density at radius 2 is 1.89 bits per heavy atom. The number of aromatic nitrogens is 3. The molecular formula is C27H34FN5O2S. The fourth-order valence-electron chi connectivity index (χ4n) is 5.44. The number of carbonyl (C=O) groups excluding carboxylic acids is 1. The van der Waals surface area contributed by atoms with Crippen molar-refractivity contribution >= 4 is 29.5 Å². The first-order valence-corrected chi connectivity index (χ1v) is 13.0. The molecule has 1 amide bonds. The average molecular weight is 512 g/mol. The van der Waals surface area contributed by atoms with Gasteiger partial charge in [0, 0.05) is 11.6 Å². The highest BCUT2D eigenvalue weighted by Crippen LogP contribution is 2.44. The summed E-state index contributed by atoms with van der Waals surface area (Å²) in [6.07, 6.45) is 7.91. The molecule has 1 aliphatic carbocycles. The van der Waals surface area contributed by atoms with Crippen LogP contribution < -0.4 is 5.32 Å². The van der Waals surface area contributed by atoms with E-state index in [0.717, 1.165) is 53.0 Å². The second kappa shape index (κ2) is 9.64. The zero-order valence-corrected chi connectivity index (χ0v) is 22.6. The predicted octanol–water partition coefficient (Wildman–Crippen LogP) is 6.83. The maximum Gasteiger partial charge on any atom is 0.292 e. The van der Waals surface area contributed by atoms with Crippen LogP contribution in [0, 0.1) is 16.7 Å². The number of imidazole rings is 1. The first-order valence-electron chi connectivity index (χ1n) is 12.3. The van der Waals surface area contributed by atoms with Crippen molar-refractivity contribution in [3.8, 4) is 6.07 Å². The van der Waals surface area contributed by atoms with Crippen molar-refractivity contribution in [1.29, 1.82) is 5.26 Å². The van der Waals surface area contributed by atoms with Crippen LogP contribution in [0.3, 0.4) is 0 Å². The van der Waals surface area contributed by atoms with Crippen LogP contribution in [0.25, 0.3) is 5.57 Å². The van der Waals surface area contributed by atoms with Gasteiger partial charge in [-0.05, 0) is 82.9 Å². The van der Waals surface area contributed by atoms with E-state index in [-0.39, 0.29) is 46.4 Å². The average Bonchev–Trinajstić information content (AvgIpc) is 3.21. The van der Waals surface area contributed by atoms with Crippen molar-refractivity contribution in [2.24, 2.45) is 5.41 Å². The van der Waals surface area contributed by atoms with Crippen molar-refractivity contribution in [1.82, 2.24) is 13.9 Å². The minimum atomic E-state index is -0.595. The van der Waals surface area contributed by atoms with Crippen LogP contribution in [0.15, 0.2) is 24.4 Å². The molecule has 2 aromatic heterocycles. The van der Waals surface area contributed by atoms with E-state index in [9.17, 15) is 8.68 Å². The van der Waals surface area contributed by atoms with Gasteiger partial charge in [-0.1, -0.05) is 19.9 Å². The van der Waals surface area contributed by atoms with Crippen LogP contribution in [0.1, 0.15) is 107 Å². The maximum atomic E-state index is 13.4. The number of pyridine rings is 1. The smallest absolute Gasteiger partial charge is 0.292 e. The molecule has 2 aliphatic rings. The van der Waals surface area contributed by atoms with Gasteiger partial charge in [0.1, 0.15) is 6.07 Å². The highest BCUT2D eigenvalue weighted by atomic mass is 32.2. The Labute approximate surface area is 217 Å². The van der Waals surface area contributed by atoms with Gasteiger partial charge in [0.15, 0.2) is 18.0 Å². The molecule has 1 saturated heterocycles. The number of nitrogens with zero attached hydrogens (tertiary/aromatic N) is 4. The Hall–Kier alpha value is -2.70. The van der Waals surface area contributed by atoms with Crippen LogP contribution >= 0.6 is 12.3 Å². The molecule has 0 aromatic carbocycles. The molecule has 192 valence electrons. The Morgan fingerprint density at radius 1 is 1.19 bits per heavy atom. The Balaban J connectivity index is 1.72. The van der Waals surface area contributed by atoms with Crippen molar-refractivity contribution in [3.63, 3.8) is 0 Å². The van der Waals surface area contributed by atoms with Gasteiger partial charge in [0.2, 0.25) is 5.82 Å². The fourth-order valence-corrected chi connectivity index (χ4v) is 5.77. The van der Waals surface area contributed by atoms with E-state index in [1.54, 1.807) is 0 Å². The molecule has 0 bridgehead atoms. The number of nitriles is 1. The monoisotopic (exact) mass is 511 g/mol. The van der Waals surface area contributed by atoms with Gasteiger partial charge in [-0.3, -0.25) is 9.78 Å². The van der Waals surface area contributed by atoms with E-state index in [4.69, 9.17) is 15.0 Å². The van der Waals surface area contributed by atoms with Crippen LogP contribution in [0.2, 0.25) is 0 Å². The highest BCUT2D eigenvalue weighted by molar-refractivity contribution is 7.92. The van der Waals surface area contributed by atoms with Gasteiger partial charge in [-0.2, -0.15) is 5.26 Å². The second-order valence-corrected chi connectivity index (χ2v) is 12.4. The molecule has 0 radical (unpaired) electrons. The lowest BCUT2D eigenvalue weighted by atomic mass is 9.77. The molecule has 36 heavy (non-hydrogen) atoms. The molecule has 1 aliphatic heterocycles. The number of carbonyl (C=O) groups is 1. The Bertz CT molecular complexity index is 1230. The molecule has 4 rings (SSSR count). The minimum Gasteiger partial charge on any atom is -0.370 e. The lowest BCUT2D eigenvalue weighted by molar-refractivity contribution is -0.162. The van der Waals surface area contributed by atoms with E-state index in [1.807, 2.05) is 18.2 Å². The van der Waals surface area contributed by atoms with Crippen molar-refractivity contribution in [3.05, 3.63) is 47.3 Å². The number of allylic oxidation sites excluding steroid dienone is 2. The number of hydrogen-bond acceptors (Lipinski definition) is 6. The van der Waals surface area contributed by atoms with Gasteiger partial charge < -0.3 is 10.1 Å². The third-order valence-corrected chi connectivity index (χ3v) is 7.38. The lowest BCUT2D eigenvalue weighted by Gasteiger charge is -2.45. The SMILES string of the molecule is CC1(C)CC=C(c2nc(C3CC(C)(C)OC(C)(C)C3)ccc2NC(=O)c2nc(C#N)cn2SF)CC1. The summed E-state index contributed by atoms with van der Waals surface area (Å²) < 4.78 is 20.6. The number of ether oxygens (including phenoxy) is 1. The van der Waals surface area contributed by atoms with Crippen LogP contribution in [-0.4, -0.2) is 31.0 Å². The molecule has 7 nitrogen and oxygen atoms in total. The van der Waals surface area contributed by atoms with Crippen LogP contribution in [0.4, 0.5) is 9.57 Å². The summed E-state index contributed by atoms with van der Waals surface area (Å²) in [5, 5.41) is 12.0. The standard InChI is InChI=1S/C27H34FN5O2S/c1-25(2)11-9-17(10-12-25)22-21(32-24(34)23-30-19(15-29)16-33(23)36-28)8-7-20(31-22)18-13-26(3,4)35-27(5,6)14-18/h7-9,16,18H,10-14H2,1-6H3,(H,32,34). The molecule has 2 aromatic rings. The quantitative estimate of drug-likeness (QED) is 0.473. The van der Waals surface area contributed by atoms with E-state index in [0.29, 0.717) is 5.69 Å². The lowest BCUT2D eigenvalue weighted by Crippen LogP contribution is -2.44. The third kappa shape index (κ3) is 5.81. The van der Waals surface area contributed by atoms with E-state index in [2.05, 4.69) is 57.9 Å². The van der Waals surface area contributed by atoms with Crippen molar-refractivity contribution in [2.45, 2.75) is 90.8 Å². The van der Waals surface area contributed by atoms with Crippen molar-refractivity contribution < 1.29 is 13.4 Å². The number of nitrogens with one attached hydrogen (secondary N) is 1. The summed E-state index contributed by atoms with van der Waals surface area (Å²) in [6.45, 7) is 13.0. The zero-order chi connectivity index (χ0) is 26.3. The molecule has 0 saturated carbocycles. The molecule has 1 N–H and O–H groups in total.